The predicted octanol–water partition coefficient (Wildman–Crippen LogP) is 3.90. The second-order valence-electron chi connectivity index (χ2n) is 4.57. The largest absolute Gasteiger partial charge is 0.292 e. The molecule has 21 heavy (non-hydrogen) atoms. The molecule has 1 unspecified atom stereocenters. The first-order chi connectivity index (χ1) is 9.93. The zero-order chi connectivity index (χ0) is 15.6. The average molecular weight is 289 g/mol. The number of nitriles is 1. The van der Waals surface area contributed by atoms with Gasteiger partial charge in [0.1, 0.15) is 23.4 Å². The minimum atomic E-state index is -1.47. The van der Waals surface area contributed by atoms with E-state index in [1.165, 1.54) is 25.1 Å². The van der Waals surface area contributed by atoms with Gasteiger partial charge in [-0.15, -0.1) is 0 Å². The number of benzene rings is 2. The number of nitrogens with zero attached hydrogens (tertiary/aromatic N) is 1. The van der Waals surface area contributed by atoms with Gasteiger partial charge in [0.15, 0.2) is 5.78 Å². The third-order valence-corrected chi connectivity index (χ3v) is 3.07. The van der Waals surface area contributed by atoms with Gasteiger partial charge in [-0.2, -0.15) is 5.26 Å². The van der Waals surface area contributed by atoms with Crippen molar-refractivity contribution in [3.05, 3.63) is 70.5 Å². The molecule has 0 bridgehead atoms. The molecule has 5 heteroatoms. The molecule has 0 radical (unpaired) electrons. The highest BCUT2D eigenvalue weighted by molar-refractivity contribution is 6.03. The van der Waals surface area contributed by atoms with Crippen LogP contribution in [0.15, 0.2) is 36.4 Å². The topological polar surface area (TPSA) is 40.9 Å². The highest BCUT2D eigenvalue weighted by atomic mass is 19.1. The summed E-state index contributed by atoms with van der Waals surface area (Å²) >= 11 is 0. The first-order valence-electron chi connectivity index (χ1n) is 6.09. The van der Waals surface area contributed by atoms with Crippen molar-refractivity contribution in [2.45, 2.75) is 12.8 Å². The molecule has 0 aliphatic carbocycles. The highest BCUT2D eigenvalue weighted by Gasteiger charge is 2.25. The molecule has 0 heterocycles. The van der Waals surface area contributed by atoms with Crippen molar-refractivity contribution in [1.82, 2.24) is 0 Å². The van der Waals surface area contributed by atoms with E-state index in [-0.39, 0.29) is 16.7 Å². The molecular formula is C16H10F3NO. The van der Waals surface area contributed by atoms with Gasteiger partial charge in [0.2, 0.25) is 0 Å². The Hall–Kier alpha value is -2.61. The van der Waals surface area contributed by atoms with E-state index in [4.69, 9.17) is 5.26 Å². The molecule has 2 nitrogen and oxygen atoms in total. The van der Waals surface area contributed by atoms with Gasteiger partial charge < -0.3 is 0 Å². The van der Waals surface area contributed by atoms with E-state index >= 15 is 0 Å². The molecule has 2 rings (SSSR count). The van der Waals surface area contributed by atoms with Crippen LogP contribution in [0.3, 0.4) is 0 Å². The summed E-state index contributed by atoms with van der Waals surface area (Å²) in [5, 5.41) is 9.11. The number of Topliss-reactive ketones (excluding diaryl/α,β-unsaturated/α-hetero) is 1. The predicted molar refractivity (Wildman–Crippen MR) is 70.2 cm³/mol. The molecule has 2 aromatic carbocycles. The van der Waals surface area contributed by atoms with Crippen molar-refractivity contribution in [1.29, 1.82) is 5.26 Å². The summed E-state index contributed by atoms with van der Waals surface area (Å²) < 4.78 is 40.3. The first kappa shape index (κ1) is 14.8. The number of hydrogen-bond acceptors (Lipinski definition) is 2. The lowest BCUT2D eigenvalue weighted by molar-refractivity contribution is 0.0974. The van der Waals surface area contributed by atoms with Gasteiger partial charge in [-0.25, -0.2) is 13.2 Å². The molecule has 0 N–H and O–H groups in total. The van der Waals surface area contributed by atoms with E-state index < -0.39 is 29.2 Å². The maximum Gasteiger partial charge on any atom is 0.187 e. The van der Waals surface area contributed by atoms with Gasteiger partial charge in [-0.3, -0.25) is 4.79 Å². The number of carbonyl (C=O) groups is 1. The van der Waals surface area contributed by atoms with Crippen molar-refractivity contribution in [3.8, 4) is 6.07 Å². The molecule has 0 saturated heterocycles. The maximum absolute atomic E-state index is 13.9. The monoisotopic (exact) mass is 289 g/mol. The third-order valence-electron chi connectivity index (χ3n) is 3.07. The first-order valence-corrected chi connectivity index (χ1v) is 6.09. The van der Waals surface area contributed by atoms with Crippen LogP contribution in [0.25, 0.3) is 0 Å². The summed E-state index contributed by atoms with van der Waals surface area (Å²) in [5.41, 5.74) is -0.157. The van der Waals surface area contributed by atoms with E-state index in [9.17, 15) is 18.0 Å². The average Bonchev–Trinajstić information content (AvgIpc) is 2.41. The normalized spacial score (nSPS) is 11.8. The van der Waals surface area contributed by atoms with Gasteiger partial charge >= 0.3 is 0 Å². The van der Waals surface area contributed by atoms with Crippen molar-refractivity contribution in [2.24, 2.45) is 0 Å². The molecule has 0 aromatic heterocycles. The fourth-order valence-corrected chi connectivity index (χ4v) is 2.02. The zero-order valence-electron chi connectivity index (χ0n) is 11.0. The van der Waals surface area contributed by atoms with Crippen LogP contribution >= 0.6 is 0 Å². The van der Waals surface area contributed by atoms with Crippen LogP contribution in [0.4, 0.5) is 13.2 Å². The highest BCUT2D eigenvalue weighted by Crippen LogP contribution is 2.24. The van der Waals surface area contributed by atoms with Crippen molar-refractivity contribution in [2.75, 3.05) is 0 Å². The number of rotatable bonds is 3. The summed E-state index contributed by atoms with van der Waals surface area (Å²) in [4.78, 5) is 12.3. The standard InChI is InChI=1S/C16H10F3NO/c1-9-3-2-4-13(15(9)19)16(21)14(8-20)10-5-11(17)7-12(18)6-10/h2-7,14H,1H3. The number of ketones is 1. The molecule has 0 amide bonds. The zero-order valence-corrected chi connectivity index (χ0v) is 11.0. The second kappa shape index (κ2) is 5.80. The Balaban J connectivity index is 2.49. The number of halogens is 3. The molecule has 2 aromatic rings. The van der Waals surface area contributed by atoms with Gasteiger partial charge in [-0.05, 0) is 36.2 Å². The van der Waals surface area contributed by atoms with Gasteiger partial charge in [0, 0.05) is 6.07 Å². The Morgan fingerprint density at radius 2 is 1.76 bits per heavy atom. The van der Waals surface area contributed by atoms with Gasteiger partial charge in [-0.1, -0.05) is 12.1 Å². The summed E-state index contributed by atoms with van der Waals surface area (Å²) in [7, 11) is 0. The maximum atomic E-state index is 13.9. The molecule has 106 valence electrons. The van der Waals surface area contributed by atoms with Gasteiger partial charge in [0.05, 0.1) is 11.6 Å². The molecule has 0 spiro atoms. The van der Waals surface area contributed by atoms with E-state index in [1.807, 2.05) is 0 Å². The molecule has 0 aliphatic rings. The van der Waals surface area contributed by atoms with Crippen molar-refractivity contribution in [3.63, 3.8) is 0 Å². The number of carbonyl (C=O) groups excluding carboxylic acids is 1. The fraction of sp³-hybridized carbons (Fsp3) is 0.125. The Morgan fingerprint density at radius 3 is 2.33 bits per heavy atom. The summed E-state index contributed by atoms with van der Waals surface area (Å²) in [6.45, 7) is 1.48. The van der Waals surface area contributed by atoms with Crippen LogP contribution in [-0.2, 0) is 0 Å². The van der Waals surface area contributed by atoms with Gasteiger partial charge in [0.25, 0.3) is 0 Å². The summed E-state index contributed by atoms with van der Waals surface area (Å²) in [6, 6.07) is 8.29. The smallest absolute Gasteiger partial charge is 0.187 e. The quantitative estimate of drug-likeness (QED) is 0.804. The van der Waals surface area contributed by atoms with Crippen LogP contribution in [0, 0.1) is 35.7 Å². The molecule has 1 atom stereocenters. The lowest BCUT2D eigenvalue weighted by atomic mass is 9.91. The Kier molecular flexibility index (Phi) is 4.08. The van der Waals surface area contributed by atoms with Crippen molar-refractivity contribution >= 4 is 5.78 Å². The molecule has 0 aliphatic heterocycles. The fourth-order valence-electron chi connectivity index (χ4n) is 2.02. The molecule has 0 fully saturated rings. The summed E-state index contributed by atoms with van der Waals surface area (Å²) in [5.74, 6) is -4.83. The minimum Gasteiger partial charge on any atom is -0.292 e. The van der Waals surface area contributed by atoms with E-state index in [1.54, 1.807) is 6.07 Å². The van der Waals surface area contributed by atoms with E-state index in [2.05, 4.69) is 0 Å². The third kappa shape index (κ3) is 2.95. The minimum absolute atomic E-state index is 0.138. The van der Waals surface area contributed by atoms with Crippen LogP contribution < -0.4 is 0 Å². The second-order valence-corrected chi connectivity index (χ2v) is 4.57. The van der Waals surface area contributed by atoms with E-state index in [0.29, 0.717) is 6.07 Å². The molecular weight excluding hydrogens is 279 g/mol. The lowest BCUT2D eigenvalue weighted by Crippen LogP contribution is -2.14. The Bertz CT molecular complexity index is 729. The van der Waals surface area contributed by atoms with Crippen LogP contribution in [-0.4, -0.2) is 5.78 Å². The Labute approximate surface area is 119 Å². The van der Waals surface area contributed by atoms with Crippen LogP contribution in [0.2, 0.25) is 0 Å². The van der Waals surface area contributed by atoms with Crippen LogP contribution in [0.1, 0.15) is 27.4 Å². The van der Waals surface area contributed by atoms with Crippen molar-refractivity contribution < 1.29 is 18.0 Å². The number of aryl methyl sites for hydroxylation is 1. The van der Waals surface area contributed by atoms with E-state index in [0.717, 1.165) is 12.1 Å². The Morgan fingerprint density at radius 1 is 1.14 bits per heavy atom. The number of hydrogen-bond donors (Lipinski definition) is 0. The molecule has 0 saturated carbocycles. The lowest BCUT2D eigenvalue weighted by Gasteiger charge is -2.10. The summed E-state index contributed by atoms with van der Waals surface area (Å²) in [6.07, 6.45) is 0. The van der Waals surface area contributed by atoms with Crippen LogP contribution in [0.5, 0.6) is 0 Å². The SMILES string of the molecule is Cc1cccc(C(=O)C(C#N)c2cc(F)cc(F)c2)c1F.